The van der Waals surface area contributed by atoms with Gasteiger partial charge in [0.25, 0.3) is 0 Å². The van der Waals surface area contributed by atoms with Crippen LogP contribution in [0.3, 0.4) is 0 Å². The molecule has 5 heteroatoms. The second kappa shape index (κ2) is 7.83. The number of imidazole rings is 1. The molecule has 2 aromatic rings. The van der Waals surface area contributed by atoms with Gasteiger partial charge in [0.2, 0.25) is 5.91 Å². The van der Waals surface area contributed by atoms with Crippen LogP contribution in [0.4, 0.5) is 0 Å². The van der Waals surface area contributed by atoms with Crippen LogP contribution in [0.2, 0.25) is 0 Å². The summed E-state index contributed by atoms with van der Waals surface area (Å²) >= 11 is 0. The van der Waals surface area contributed by atoms with E-state index in [4.69, 9.17) is 0 Å². The molecule has 5 nitrogen and oxygen atoms in total. The Morgan fingerprint density at radius 2 is 1.92 bits per heavy atom. The van der Waals surface area contributed by atoms with E-state index in [-0.39, 0.29) is 11.8 Å². The van der Waals surface area contributed by atoms with Gasteiger partial charge in [0.05, 0.1) is 12.5 Å². The van der Waals surface area contributed by atoms with Crippen molar-refractivity contribution in [3.8, 4) is 0 Å². The maximum atomic E-state index is 12.9. The van der Waals surface area contributed by atoms with Crippen molar-refractivity contribution in [1.82, 2.24) is 19.4 Å². The van der Waals surface area contributed by atoms with E-state index in [1.54, 1.807) is 0 Å². The Kier molecular flexibility index (Phi) is 5.53. The topological polar surface area (TPSA) is 41.4 Å². The van der Waals surface area contributed by atoms with Crippen LogP contribution < -0.4 is 0 Å². The number of hydrogen-bond donors (Lipinski definition) is 0. The Labute approximate surface area is 150 Å². The van der Waals surface area contributed by atoms with Crippen molar-refractivity contribution in [2.75, 3.05) is 26.2 Å². The van der Waals surface area contributed by atoms with Crippen LogP contribution in [0, 0.1) is 6.92 Å². The minimum atomic E-state index is -0.0818. The second-order valence-corrected chi connectivity index (χ2v) is 7.04. The molecule has 0 bridgehead atoms. The zero-order valence-electron chi connectivity index (χ0n) is 15.5. The van der Waals surface area contributed by atoms with Crippen molar-refractivity contribution in [3.05, 3.63) is 53.6 Å². The van der Waals surface area contributed by atoms with Crippen molar-refractivity contribution >= 4 is 5.91 Å². The van der Waals surface area contributed by atoms with E-state index < -0.39 is 0 Å². The first-order valence-corrected chi connectivity index (χ1v) is 9.08. The van der Waals surface area contributed by atoms with Gasteiger partial charge in [0.1, 0.15) is 5.82 Å². The van der Waals surface area contributed by atoms with E-state index in [2.05, 4.69) is 45.6 Å². The van der Waals surface area contributed by atoms with E-state index >= 15 is 0 Å². The molecule has 1 fully saturated rings. The second-order valence-electron chi connectivity index (χ2n) is 7.04. The molecule has 0 spiro atoms. The first-order valence-electron chi connectivity index (χ1n) is 9.08. The van der Waals surface area contributed by atoms with Crippen LogP contribution in [0.5, 0.6) is 0 Å². The van der Waals surface area contributed by atoms with Crippen molar-refractivity contribution in [2.45, 2.75) is 32.7 Å². The fourth-order valence-electron chi connectivity index (χ4n) is 3.37. The molecule has 2 heterocycles. The Balaban J connectivity index is 1.59. The smallest absolute Gasteiger partial charge is 0.229 e. The van der Waals surface area contributed by atoms with Crippen LogP contribution in [0.25, 0.3) is 0 Å². The number of benzene rings is 1. The first kappa shape index (κ1) is 17.7. The monoisotopic (exact) mass is 340 g/mol. The maximum Gasteiger partial charge on any atom is 0.229 e. The Bertz CT molecular complexity index is 707. The summed E-state index contributed by atoms with van der Waals surface area (Å²) in [6, 6.07) is 8.30. The predicted molar refractivity (Wildman–Crippen MR) is 99.3 cm³/mol. The lowest BCUT2D eigenvalue weighted by molar-refractivity contribution is -0.132. The molecule has 0 saturated carbocycles. The van der Waals surface area contributed by atoms with Crippen LogP contribution in [0.1, 0.15) is 36.2 Å². The zero-order chi connectivity index (χ0) is 17.8. The predicted octanol–water partition coefficient (Wildman–Crippen LogP) is 2.57. The molecule has 0 radical (unpaired) electrons. The van der Waals surface area contributed by atoms with Crippen LogP contribution in [0.15, 0.2) is 36.7 Å². The summed E-state index contributed by atoms with van der Waals surface area (Å²) in [5, 5.41) is 0. The van der Waals surface area contributed by atoms with E-state index in [0.717, 1.165) is 50.5 Å². The molecule has 1 amide bonds. The lowest BCUT2D eigenvalue weighted by atomic mass is 9.98. The quantitative estimate of drug-likeness (QED) is 0.859. The standard InChI is InChI=1S/C20H28N4O/c1-16-5-7-18(8-6-16)17(2)20(25)24-11-4-10-23(13-14-24)15-19-21-9-12-22(19)3/h5-9,12,17H,4,10-11,13-15H2,1-3H3/t17-/m0/s1. The van der Waals surface area contributed by atoms with Gasteiger partial charge in [-0.3, -0.25) is 9.69 Å². The number of rotatable bonds is 4. The summed E-state index contributed by atoms with van der Waals surface area (Å²) in [6.45, 7) is 8.48. The zero-order valence-corrected chi connectivity index (χ0v) is 15.5. The molecule has 1 atom stereocenters. The molecule has 1 aliphatic heterocycles. The molecule has 1 aromatic heterocycles. The van der Waals surface area contributed by atoms with Crippen LogP contribution in [-0.4, -0.2) is 51.4 Å². The highest BCUT2D eigenvalue weighted by Crippen LogP contribution is 2.20. The van der Waals surface area contributed by atoms with Crippen molar-refractivity contribution in [1.29, 1.82) is 0 Å². The summed E-state index contributed by atoms with van der Waals surface area (Å²) in [7, 11) is 2.03. The van der Waals surface area contributed by atoms with Gasteiger partial charge in [0, 0.05) is 45.6 Å². The third kappa shape index (κ3) is 4.28. The molecule has 25 heavy (non-hydrogen) atoms. The molecule has 0 aliphatic carbocycles. The molecule has 1 aromatic carbocycles. The van der Waals surface area contributed by atoms with Gasteiger partial charge >= 0.3 is 0 Å². The Hall–Kier alpha value is -2.14. The summed E-state index contributed by atoms with van der Waals surface area (Å²) in [4.78, 5) is 21.7. The van der Waals surface area contributed by atoms with Gasteiger partial charge in [-0.2, -0.15) is 0 Å². The lowest BCUT2D eigenvalue weighted by Gasteiger charge is -2.25. The normalized spacial score (nSPS) is 17.3. The van der Waals surface area contributed by atoms with E-state index in [9.17, 15) is 4.79 Å². The number of aromatic nitrogens is 2. The van der Waals surface area contributed by atoms with Crippen molar-refractivity contribution < 1.29 is 4.79 Å². The number of hydrogen-bond acceptors (Lipinski definition) is 3. The molecule has 0 N–H and O–H groups in total. The van der Waals surface area contributed by atoms with Gasteiger partial charge in [0.15, 0.2) is 0 Å². The van der Waals surface area contributed by atoms with Gasteiger partial charge in [-0.1, -0.05) is 29.8 Å². The third-order valence-corrected chi connectivity index (χ3v) is 5.13. The molecule has 134 valence electrons. The average molecular weight is 340 g/mol. The summed E-state index contributed by atoms with van der Waals surface area (Å²) < 4.78 is 2.06. The molecule has 0 unspecified atom stereocenters. The maximum absolute atomic E-state index is 12.9. The van der Waals surface area contributed by atoms with Crippen LogP contribution in [-0.2, 0) is 18.4 Å². The molecule has 1 saturated heterocycles. The number of amides is 1. The van der Waals surface area contributed by atoms with Crippen LogP contribution >= 0.6 is 0 Å². The third-order valence-electron chi connectivity index (χ3n) is 5.13. The molecular weight excluding hydrogens is 312 g/mol. The number of aryl methyl sites for hydroxylation is 2. The van der Waals surface area contributed by atoms with Gasteiger partial charge < -0.3 is 9.47 Å². The highest BCUT2D eigenvalue weighted by Gasteiger charge is 2.24. The molecular formula is C20H28N4O. The highest BCUT2D eigenvalue weighted by atomic mass is 16.2. The fourth-order valence-corrected chi connectivity index (χ4v) is 3.37. The number of carbonyl (C=O) groups excluding carboxylic acids is 1. The Morgan fingerprint density at radius 3 is 2.60 bits per heavy atom. The van der Waals surface area contributed by atoms with Gasteiger partial charge in [-0.25, -0.2) is 4.98 Å². The highest BCUT2D eigenvalue weighted by molar-refractivity contribution is 5.83. The van der Waals surface area contributed by atoms with E-state index in [1.807, 2.05) is 31.3 Å². The summed E-state index contributed by atoms with van der Waals surface area (Å²) in [5.41, 5.74) is 2.33. The summed E-state index contributed by atoms with van der Waals surface area (Å²) in [5.74, 6) is 1.23. The number of nitrogens with zero attached hydrogens (tertiary/aromatic N) is 4. The molecule has 1 aliphatic rings. The van der Waals surface area contributed by atoms with E-state index in [1.165, 1.54) is 5.56 Å². The van der Waals surface area contributed by atoms with Gasteiger partial charge in [-0.15, -0.1) is 0 Å². The minimum absolute atomic E-state index is 0.0818. The molecule has 3 rings (SSSR count). The number of carbonyl (C=O) groups is 1. The lowest BCUT2D eigenvalue weighted by Crippen LogP contribution is -2.37. The minimum Gasteiger partial charge on any atom is -0.341 e. The van der Waals surface area contributed by atoms with Crippen molar-refractivity contribution in [3.63, 3.8) is 0 Å². The SMILES string of the molecule is Cc1ccc([C@H](C)C(=O)N2CCCN(Cc3nccn3C)CC2)cc1. The Morgan fingerprint density at radius 1 is 1.16 bits per heavy atom. The van der Waals surface area contributed by atoms with E-state index in [0.29, 0.717) is 0 Å². The fraction of sp³-hybridized carbons (Fsp3) is 0.500. The summed E-state index contributed by atoms with van der Waals surface area (Å²) in [6.07, 6.45) is 4.83. The largest absolute Gasteiger partial charge is 0.341 e. The van der Waals surface area contributed by atoms with Crippen molar-refractivity contribution in [2.24, 2.45) is 7.05 Å². The average Bonchev–Trinajstić information content (AvgIpc) is 2.87. The first-order chi connectivity index (χ1) is 12.0. The van der Waals surface area contributed by atoms with Gasteiger partial charge in [-0.05, 0) is 25.8 Å².